The van der Waals surface area contributed by atoms with Gasteiger partial charge < -0.3 is 10.0 Å². The van der Waals surface area contributed by atoms with Crippen molar-refractivity contribution in [1.82, 2.24) is 4.90 Å². The van der Waals surface area contributed by atoms with Gasteiger partial charge in [-0.25, -0.2) is 0 Å². The zero-order chi connectivity index (χ0) is 12.5. The lowest BCUT2D eigenvalue weighted by Crippen LogP contribution is -2.46. The van der Waals surface area contributed by atoms with Crippen LogP contribution in [0.1, 0.15) is 39.5 Å². The van der Waals surface area contributed by atoms with Gasteiger partial charge in [0.25, 0.3) is 0 Å². The topological polar surface area (TPSA) is 23.5 Å². The van der Waals surface area contributed by atoms with Crippen molar-refractivity contribution in [3.63, 3.8) is 0 Å². The second-order valence-corrected chi connectivity index (χ2v) is 7.69. The molecule has 2 rings (SSSR count). The molecule has 0 bridgehead atoms. The van der Waals surface area contributed by atoms with E-state index < -0.39 is 0 Å². The van der Waals surface area contributed by atoms with E-state index in [4.69, 9.17) is 0 Å². The van der Waals surface area contributed by atoms with Crippen molar-refractivity contribution >= 4 is 11.8 Å². The number of aliphatic hydroxyl groups excluding tert-OH is 1. The molecule has 0 aromatic heterocycles. The standard InChI is InChI=1S/C14H27NOS/c1-14(2)7-4-5-11(13(14)16)9-15(3)12-6-8-17-10-12/h11-13,16H,4-10H2,1-3H3. The van der Waals surface area contributed by atoms with Crippen LogP contribution in [-0.4, -0.2) is 47.3 Å². The Kier molecular flexibility index (Phi) is 4.43. The molecule has 1 saturated carbocycles. The Hall–Kier alpha value is 0.270. The quantitative estimate of drug-likeness (QED) is 0.841. The fourth-order valence-electron chi connectivity index (χ4n) is 3.34. The number of aliphatic hydroxyl groups is 1. The van der Waals surface area contributed by atoms with Gasteiger partial charge in [0.2, 0.25) is 0 Å². The van der Waals surface area contributed by atoms with E-state index in [0.29, 0.717) is 5.92 Å². The lowest BCUT2D eigenvalue weighted by Gasteiger charge is -2.42. The molecule has 100 valence electrons. The molecule has 0 amide bonds. The van der Waals surface area contributed by atoms with Crippen molar-refractivity contribution in [1.29, 1.82) is 0 Å². The largest absolute Gasteiger partial charge is 0.392 e. The van der Waals surface area contributed by atoms with Gasteiger partial charge in [0.1, 0.15) is 0 Å². The number of hydrogen-bond acceptors (Lipinski definition) is 3. The Balaban J connectivity index is 1.89. The van der Waals surface area contributed by atoms with Gasteiger partial charge in [-0.05, 0) is 43.4 Å². The third kappa shape index (κ3) is 3.18. The molecule has 3 atom stereocenters. The molecule has 1 aliphatic heterocycles. The van der Waals surface area contributed by atoms with Crippen molar-refractivity contribution in [3.05, 3.63) is 0 Å². The average molecular weight is 257 g/mol. The highest BCUT2D eigenvalue weighted by atomic mass is 32.2. The van der Waals surface area contributed by atoms with Crippen LogP contribution < -0.4 is 0 Å². The zero-order valence-electron chi connectivity index (χ0n) is 11.5. The molecule has 1 saturated heterocycles. The summed E-state index contributed by atoms with van der Waals surface area (Å²) in [7, 11) is 2.24. The molecule has 1 aliphatic carbocycles. The minimum absolute atomic E-state index is 0.118. The van der Waals surface area contributed by atoms with E-state index >= 15 is 0 Å². The highest BCUT2D eigenvalue weighted by molar-refractivity contribution is 7.99. The second-order valence-electron chi connectivity index (χ2n) is 6.54. The predicted octanol–water partition coefficient (Wildman–Crippen LogP) is 2.61. The van der Waals surface area contributed by atoms with Crippen LogP contribution in [0.2, 0.25) is 0 Å². The minimum Gasteiger partial charge on any atom is -0.392 e. The Morgan fingerprint density at radius 3 is 2.76 bits per heavy atom. The third-order valence-electron chi connectivity index (χ3n) is 4.69. The van der Waals surface area contributed by atoms with Crippen molar-refractivity contribution in [2.24, 2.45) is 11.3 Å². The maximum absolute atomic E-state index is 10.5. The van der Waals surface area contributed by atoms with E-state index in [1.54, 1.807) is 0 Å². The molecular formula is C14H27NOS. The third-order valence-corrected chi connectivity index (χ3v) is 5.84. The van der Waals surface area contributed by atoms with Crippen LogP contribution in [0, 0.1) is 11.3 Å². The molecule has 3 heteroatoms. The first-order valence-electron chi connectivity index (χ1n) is 6.97. The van der Waals surface area contributed by atoms with E-state index in [2.05, 4.69) is 37.6 Å². The number of thioether (sulfide) groups is 1. The summed E-state index contributed by atoms with van der Waals surface area (Å²) in [5.74, 6) is 3.07. The maximum Gasteiger partial charge on any atom is 0.0631 e. The smallest absolute Gasteiger partial charge is 0.0631 e. The lowest BCUT2D eigenvalue weighted by molar-refractivity contribution is -0.0433. The van der Waals surface area contributed by atoms with Crippen molar-refractivity contribution in [2.75, 3.05) is 25.1 Å². The highest BCUT2D eigenvalue weighted by Crippen LogP contribution is 2.39. The van der Waals surface area contributed by atoms with Gasteiger partial charge in [-0.3, -0.25) is 0 Å². The van der Waals surface area contributed by atoms with Crippen molar-refractivity contribution in [3.8, 4) is 0 Å². The van der Waals surface area contributed by atoms with Gasteiger partial charge in [-0.2, -0.15) is 11.8 Å². The Morgan fingerprint density at radius 2 is 2.12 bits per heavy atom. The Morgan fingerprint density at radius 1 is 1.35 bits per heavy atom. The molecule has 0 radical (unpaired) electrons. The average Bonchev–Trinajstić information content (AvgIpc) is 2.78. The molecule has 1 heterocycles. The Bertz CT molecular complexity index is 251. The molecule has 1 N–H and O–H groups in total. The Labute approximate surface area is 110 Å². The van der Waals surface area contributed by atoms with Crippen LogP contribution in [0.25, 0.3) is 0 Å². The van der Waals surface area contributed by atoms with E-state index in [9.17, 15) is 5.11 Å². The molecule has 0 spiro atoms. The maximum atomic E-state index is 10.5. The van der Waals surface area contributed by atoms with E-state index in [-0.39, 0.29) is 11.5 Å². The number of nitrogens with zero attached hydrogens (tertiary/aromatic N) is 1. The number of rotatable bonds is 3. The second kappa shape index (κ2) is 5.50. The summed E-state index contributed by atoms with van der Waals surface area (Å²) in [6.45, 7) is 5.51. The van der Waals surface area contributed by atoms with Crippen LogP contribution in [0.3, 0.4) is 0 Å². The molecule has 0 aromatic rings. The van der Waals surface area contributed by atoms with Gasteiger partial charge in [0, 0.05) is 18.3 Å². The molecule has 2 aliphatic rings. The summed E-state index contributed by atoms with van der Waals surface area (Å²) < 4.78 is 0. The van der Waals surface area contributed by atoms with Crippen LogP contribution >= 0.6 is 11.8 Å². The minimum atomic E-state index is -0.118. The van der Waals surface area contributed by atoms with Gasteiger partial charge in [0.15, 0.2) is 0 Å². The molecule has 17 heavy (non-hydrogen) atoms. The predicted molar refractivity (Wildman–Crippen MR) is 75.5 cm³/mol. The van der Waals surface area contributed by atoms with E-state index in [1.807, 2.05) is 0 Å². The fourth-order valence-corrected chi connectivity index (χ4v) is 4.64. The summed E-state index contributed by atoms with van der Waals surface area (Å²) >= 11 is 2.07. The summed E-state index contributed by atoms with van der Waals surface area (Å²) in [6.07, 6.45) is 4.87. The SMILES string of the molecule is CN(CC1CCCC(C)(C)C1O)C1CCSC1. The summed E-state index contributed by atoms with van der Waals surface area (Å²) in [5.41, 5.74) is 0.119. The first-order chi connectivity index (χ1) is 8.00. The van der Waals surface area contributed by atoms with E-state index in [0.717, 1.165) is 12.6 Å². The monoisotopic (exact) mass is 257 g/mol. The van der Waals surface area contributed by atoms with Crippen LogP contribution in [0.15, 0.2) is 0 Å². The molecule has 3 unspecified atom stereocenters. The number of hydrogen-bond donors (Lipinski definition) is 1. The summed E-state index contributed by atoms with van der Waals surface area (Å²) in [5, 5.41) is 10.5. The fraction of sp³-hybridized carbons (Fsp3) is 1.00. The zero-order valence-corrected chi connectivity index (χ0v) is 12.3. The van der Waals surface area contributed by atoms with Crippen molar-refractivity contribution < 1.29 is 5.11 Å². The van der Waals surface area contributed by atoms with E-state index in [1.165, 1.54) is 37.2 Å². The summed E-state index contributed by atoms with van der Waals surface area (Å²) in [6, 6.07) is 0.747. The molecule has 2 fully saturated rings. The summed E-state index contributed by atoms with van der Waals surface area (Å²) in [4.78, 5) is 2.50. The van der Waals surface area contributed by atoms with Crippen molar-refractivity contribution in [2.45, 2.75) is 51.7 Å². The van der Waals surface area contributed by atoms with Gasteiger partial charge in [-0.1, -0.05) is 20.3 Å². The normalized spacial score (nSPS) is 37.6. The van der Waals surface area contributed by atoms with Crippen LogP contribution in [-0.2, 0) is 0 Å². The first-order valence-corrected chi connectivity index (χ1v) is 8.12. The first kappa shape index (κ1) is 13.7. The molecule has 2 nitrogen and oxygen atoms in total. The molecular weight excluding hydrogens is 230 g/mol. The molecule has 0 aromatic carbocycles. The van der Waals surface area contributed by atoms with Gasteiger partial charge in [-0.15, -0.1) is 0 Å². The van der Waals surface area contributed by atoms with Gasteiger partial charge >= 0.3 is 0 Å². The lowest BCUT2D eigenvalue weighted by atomic mass is 9.69. The van der Waals surface area contributed by atoms with Crippen LogP contribution in [0.5, 0.6) is 0 Å². The van der Waals surface area contributed by atoms with Gasteiger partial charge in [0.05, 0.1) is 6.10 Å². The highest BCUT2D eigenvalue weighted by Gasteiger charge is 2.38. The van der Waals surface area contributed by atoms with Crippen LogP contribution in [0.4, 0.5) is 0 Å².